The summed E-state index contributed by atoms with van der Waals surface area (Å²) in [6.07, 6.45) is 22.2. The molecule has 11 rings (SSSR count). The number of fused-ring (bicyclic) bond motifs is 6. The molecule has 3 aromatic rings. The van der Waals surface area contributed by atoms with Crippen molar-refractivity contribution in [3.63, 3.8) is 0 Å². The highest BCUT2D eigenvalue weighted by molar-refractivity contribution is 5.81. The second-order valence-electron chi connectivity index (χ2n) is 32.4. The number of hydrogen-bond acceptors (Lipinski definition) is 7. The fourth-order valence-electron chi connectivity index (χ4n) is 16.5. The lowest BCUT2D eigenvalue weighted by Gasteiger charge is -2.49. The van der Waals surface area contributed by atoms with E-state index in [0.29, 0.717) is 45.7 Å². The lowest BCUT2D eigenvalue weighted by molar-refractivity contribution is -0.135. The Morgan fingerprint density at radius 1 is 0.494 bits per heavy atom. The Morgan fingerprint density at radius 2 is 0.885 bits per heavy atom. The zero-order valence-corrected chi connectivity index (χ0v) is 56.8. The maximum atomic E-state index is 13.2. The molecule has 4 amide bonds. The van der Waals surface area contributed by atoms with Gasteiger partial charge in [0.05, 0.1) is 24.0 Å². The zero-order valence-electron chi connectivity index (χ0n) is 56.8. The molecule has 0 radical (unpaired) electrons. The molecule has 11 heteroatoms. The molecule has 482 valence electrons. The molecule has 1 N–H and O–H groups in total. The minimum absolute atomic E-state index is 0. The van der Waals surface area contributed by atoms with Crippen LogP contribution in [0.4, 0.5) is 0 Å². The van der Waals surface area contributed by atoms with E-state index in [-0.39, 0.29) is 48.5 Å². The number of nitrogens with one attached hydrogen (secondary N) is 1. The molecule has 8 aliphatic rings. The van der Waals surface area contributed by atoms with Gasteiger partial charge in [0, 0.05) is 48.4 Å². The summed E-state index contributed by atoms with van der Waals surface area (Å²) in [5.74, 6) is 0.532. The van der Waals surface area contributed by atoms with Crippen LogP contribution in [-0.2, 0) is 35.4 Å². The van der Waals surface area contributed by atoms with E-state index >= 15 is 0 Å². The topological polar surface area (TPSA) is 99.8 Å². The molecule has 4 aliphatic heterocycles. The van der Waals surface area contributed by atoms with Crippen LogP contribution in [0.1, 0.15) is 258 Å². The van der Waals surface area contributed by atoms with Crippen molar-refractivity contribution in [1.29, 1.82) is 0 Å². The van der Waals surface area contributed by atoms with Gasteiger partial charge in [-0.1, -0.05) is 135 Å². The first-order valence-electron chi connectivity index (χ1n) is 34.7. The molecule has 2 unspecified atom stereocenters. The van der Waals surface area contributed by atoms with Gasteiger partial charge in [-0.05, 0) is 247 Å². The van der Waals surface area contributed by atoms with Gasteiger partial charge in [-0.2, -0.15) is 0 Å². The van der Waals surface area contributed by atoms with Gasteiger partial charge in [0.25, 0.3) is 0 Å². The summed E-state index contributed by atoms with van der Waals surface area (Å²) in [7, 11) is 1.96. The Hall–Kier alpha value is -4.58. The maximum absolute atomic E-state index is 13.2. The van der Waals surface area contributed by atoms with E-state index in [1.165, 1.54) is 170 Å². The standard InChI is InChI=1S/C28H43N3O2.C25H38N2O.C23H36N2O.H2/c1-21(32)31-16-7-8-22(20-31)26(33)29-25-11-12-28(24-10-6-5-9-23(24)25)14-18-30(19-15-28)17-13-27(2,3)4;1-19(28)27(20-9-10-20)23-11-12-25(22-8-6-5-7-21(22)23)14-17-26(18-15-25)16-13-24(2,3)4;1-18(26)24(5)21-10-11-23(20-9-7-6-8-19(20)21)13-16-25(17-14-23)15-12-22(2,3)4;/h5-6,9-10,22,25H,7-8,11-20H2,1-4H3,(H,29,33);5-8,20,23H,9-18H2,1-4H3;6-9,21H,10-17H2,1-5H3;1H/t22?,25-;;21-;/m0.0./s1. The van der Waals surface area contributed by atoms with E-state index in [1.54, 1.807) is 26.3 Å². The van der Waals surface area contributed by atoms with Crippen LogP contribution in [0.2, 0.25) is 0 Å². The number of amides is 4. The minimum atomic E-state index is -0.0863. The average molecular weight is 1190 g/mol. The summed E-state index contributed by atoms with van der Waals surface area (Å²) in [5.41, 5.74) is 10.8. The third kappa shape index (κ3) is 16.7. The second kappa shape index (κ2) is 27.9. The number of hydrogen-bond donors (Lipinski definition) is 1. The molecule has 3 spiro atoms. The number of carbonyl (C=O) groups is 4. The van der Waals surface area contributed by atoms with E-state index in [2.05, 4.69) is 160 Å². The van der Waals surface area contributed by atoms with Crippen molar-refractivity contribution in [2.75, 3.05) is 79.0 Å². The van der Waals surface area contributed by atoms with Crippen LogP contribution in [0.5, 0.6) is 0 Å². The van der Waals surface area contributed by atoms with Gasteiger partial charge in [-0.3, -0.25) is 19.2 Å². The summed E-state index contributed by atoms with van der Waals surface area (Å²) in [6.45, 7) is 38.2. The molecule has 4 atom stereocenters. The molecule has 5 fully saturated rings. The molecular formula is C76H119N7O4. The predicted octanol–water partition coefficient (Wildman–Crippen LogP) is 15.0. The van der Waals surface area contributed by atoms with Crippen LogP contribution in [0.25, 0.3) is 0 Å². The first-order chi connectivity index (χ1) is 41.2. The first-order valence-corrected chi connectivity index (χ1v) is 34.7. The van der Waals surface area contributed by atoms with E-state index in [1.807, 2.05) is 16.8 Å². The first kappa shape index (κ1) is 66.8. The van der Waals surface area contributed by atoms with Crippen molar-refractivity contribution in [3.8, 4) is 0 Å². The van der Waals surface area contributed by atoms with Crippen molar-refractivity contribution < 1.29 is 20.6 Å². The van der Waals surface area contributed by atoms with Crippen LogP contribution in [0.3, 0.4) is 0 Å². The lowest BCUT2D eigenvalue weighted by Crippen LogP contribution is -2.48. The number of nitrogens with zero attached hydrogens (tertiary/aromatic N) is 6. The molecule has 87 heavy (non-hydrogen) atoms. The number of piperidine rings is 4. The summed E-state index contributed by atoms with van der Waals surface area (Å²) < 4.78 is 0. The van der Waals surface area contributed by atoms with E-state index in [0.717, 1.165) is 45.1 Å². The number of likely N-dealkylation sites (tertiary alicyclic amines) is 4. The number of benzene rings is 3. The monoisotopic (exact) mass is 1190 g/mol. The Labute approximate surface area is 529 Å². The van der Waals surface area contributed by atoms with Crippen LogP contribution < -0.4 is 5.32 Å². The fraction of sp³-hybridized carbons (Fsp3) is 0.711. The normalized spacial score (nSPS) is 24.5. The van der Waals surface area contributed by atoms with E-state index in [4.69, 9.17) is 0 Å². The fourth-order valence-corrected chi connectivity index (χ4v) is 16.5. The molecule has 4 heterocycles. The molecule has 4 aliphatic carbocycles. The summed E-state index contributed by atoms with van der Waals surface area (Å²) >= 11 is 0. The highest BCUT2D eigenvalue weighted by atomic mass is 16.2. The van der Waals surface area contributed by atoms with Crippen LogP contribution in [0.15, 0.2) is 72.8 Å². The van der Waals surface area contributed by atoms with Gasteiger partial charge >= 0.3 is 0 Å². The number of rotatable bonds is 11. The summed E-state index contributed by atoms with van der Waals surface area (Å²) in [4.78, 5) is 63.3. The van der Waals surface area contributed by atoms with Crippen LogP contribution in [-0.4, -0.2) is 138 Å². The predicted molar refractivity (Wildman–Crippen MR) is 359 cm³/mol. The number of carbonyl (C=O) groups excluding carboxylic acids is 4. The highest BCUT2D eigenvalue weighted by Gasteiger charge is 2.48. The molecule has 0 bridgehead atoms. The Balaban J connectivity index is 0.000000171. The van der Waals surface area contributed by atoms with E-state index < -0.39 is 0 Å². The summed E-state index contributed by atoms with van der Waals surface area (Å²) in [5, 5.41) is 3.38. The average Bonchev–Trinajstić information content (AvgIpc) is 2.74. The largest absolute Gasteiger partial charge is 0.349 e. The van der Waals surface area contributed by atoms with Gasteiger partial charge < -0.3 is 34.7 Å². The Morgan fingerprint density at radius 3 is 1.29 bits per heavy atom. The third-order valence-electron chi connectivity index (χ3n) is 22.5. The van der Waals surface area contributed by atoms with Crippen molar-refractivity contribution in [2.24, 2.45) is 22.2 Å². The maximum Gasteiger partial charge on any atom is 0.225 e. The molecule has 4 saturated heterocycles. The Kier molecular flexibility index (Phi) is 21.4. The second-order valence-corrected chi connectivity index (χ2v) is 32.4. The smallest absolute Gasteiger partial charge is 0.225 e. The molecule has 11 nitrogen and oxygen atoms in total. The minimum Gasteiger partial charge on any atom is -0.349 e. The van der Waals surface area contributed by atoms with Gasteiger partial charge in [-0.15, -0.1) is 0 Å². The molecule has 0 aromatic heterocycles. The van der Waals surface area contributed by atoms with Crippen molar-refractivity contribution in [1.82, 2.24) is 34.7 Å². The quantitative estimate of drug-likeness (QED) is 0.204. The zero-order chi connectivity index (χ0) is 62.5. The third-order valence-corrected chi connectivity index (χ3v) is 22.5. The lowest BCUT2D eigenvalue weighted by atomic mass is 9.63. The van der Waals surface area contributed by atoms with Crippen molar-refractivity contribution in [3.05, 3.63) is 106 Å². The van der Waals surface area contributed by atoms with Gasteiger partial charge in [0.2, 0.25) is 23.6 Å². The van der Waals surface area contributed by atoms with Gasteiger partial charge in [0.15, 0.2) is 0 Å². The molecule has 3 aromatic carbocycles. The van der Waals surface area contributed by atoms with Gasteiger partial charge in [-0.25, -0.2) is 0 Å². The Bertz CT molecular complexity index is 2800. The molecule has 1 saturated carbocycles. The van der Waals surface area contributed by atoms with Crippen molar-refractivity contribution in [2.45, 2.75) is 245 Å². The SMILES string of the molecule is CC(=O)N(C)[C@H]1CCC2(CCN(CCC(C)(C)C)CC2)c2ccccc21.CC(=O)N(C1CC1)C1CCC2(CCN(CCC(C)(C)C)CC2)c2ccccc21.CC(=O)N1CCCC(C(=O)N[C@H]2CCC3(CCN(CCC(C)(C)C)CC3)c3ccccc32)C1.[HH]. The molecular weight excluding hydrogens is 1070 g/mol. The van der Waals surface area contributed by atoms with Crippen LogP contribution in [0, 0.1) is 22.2 Å². The van der Waals surface area contributed by atoms with E-state index in [9.17, 15) is 19.2 Å². The van der Waals surface area contributed by atoms with Crippen molar-refractivity contribution >= 4 is 23.6 Å². The summed E-state index contributed by atoms with van der Waals surface area (Å²) in [6, 6.07) is 27.9. The van der Waals surface area contributed by atoms with Gasteiger partial charge in [0.1, 0.15) is 0 Å². The highest BCUT2D eigenvalue weighted by Crippen LogP contribution is 2.53. The van der Waals surface area contributed by atoms with Crippen LogP contribution >= 0.6 is 0 Å².